The maximum absolute atomic E-state index is 11.7. The Morgan fingerprint density at radius 2 is 2.00 bits per heavy atom. The molecular formula is C14H10N2O. The first kappa shape index (κ1) is 8.93. The van der Waals surface area contributed by atoms with Gasteiger partial charge in [-0.2, -0.15) is 0 Å². The third kappa shape index (κ3) is 1.06. The molecule has 0 amide bonds. The maximum atomic E-state index is 11.7. The van der Waals surface area contributed by atoms with E-state index >= 15 is 0 Å². The summed E-state index contributed by atoms with van der Waals surface area (Å²) in [5.74, 6) is 0.175. The Hall–Kier alpha value is -2.16. The van der Waals surface area contributed by atoms with Crippen LogP contribution in [0.25, 0.3) is 22.2 Å². The van der Waals surface area contributed by atoms with Crippen LogP contribution in [0.15, 0.2) is 36.5 Å². The SMILES string of the molecule is O=C1CCc2c3nc4ccccc4c-3ccn21. The smallest absolute Gasteiger partial charge is 0.231 e. The topological polar surface area (TPSA) is 34.9 Å². The van der Waals surface area contributed by atoms with Crippen molar-refractivity contribution in [3.05, 3.63) is 42.2 Å². The lowest BCUT2D eigenvalue weighted by molar-refractivity contribution is 0.0923. The fourth-order valence-electron chi connectivity index (χ4n) is 2.67. The summed E-state index contributed by atoms with van der Waals surface area (Å²) >= 11 is 0. The molecule has 0 radical (unpaired) electrons. The van der Waals surface area contributed by atoms with E-state index in [1.54, 1.807) is 4.57 Å². The van der Waals surface area contributed by atoms with E-state index in [1.165, 1.54) is 5.39 Å². The van der Waals surface area contributed by atoms with Crippen LogP contribution in [0.2, 0.25) is 0 Å². The van der Waals surface area contributed by atoms with Gasteiger partial charge in [-0.05, 0) is 18.6 Å². The van der Waals surface area contributed by atoms with Gasteiger partial charge in [0.1, 0.15) is 0 Å². The molecule has 3 nitrogen and oxygen atoms in total. The fourth-order valence-corrected chi connectivity index (χ4v) is 2.67. The molecule has 17 heavy (non-hydrogen) atoms. The van der Waals surface area contributed by atoms with Crippen molar-refractivity contribution in [2.45, 2.75) is 12.8 Å². The number of carbonyl (C=O) groups excluding carboxylic acids is 1. The summed E-state index contributed by atoms with van der Waals surface area (Å²) in [4.78, 5) is 16.3. The van der Waals surface area contributed by atoms with Crippen LogP contribution in [0.4, 0.5) is 0 Å². The van der Waals surface area contributed by atoms with Gasteiger partial charge in [0.15, 0.2) is 0 Å². The molecule has 0 aromatic heterocycles. The zero-order valence-corrected chi connectivity index (χ0v) is 9.18. The Kier molecular flexibility index (Phi) is 1.55. The van der Waals surface area contributed by atoms with Gasteiger partial charge in [0, 0.05) is 23.6 Å². The molecule has 3 heterocycles. The molecule has 0 saturated carbocycles. The number of benzene rings is 1. The quantitative estimate of drug-likeness (QED) is 0.586. The van der Waals surface area contributed by atoms with E-state index in [9.17, 15) is 4.79 Å². The normalized spacial score (nSPS) is 14.7. The molecular weight excluding hydrogens is 212 g/mol. The minimum atomic E-state index is 0.175. The average molecular weight is 222 g/mol. The van der Waals surface area contributed by atoms with E-state index in [1.807, 2.05) is 30.5 Å². The Morgan fingerprint density at radius 1 is 1.12 bits per heavy atom. The molecule has 3 aliphatic heterocycles. The van der Waals surface area contributed by atoms with Crippen LogP contribution in [-0.2, 0) is 6.42 Å². The second-order valence-corrected chi connectivity index (χ2v) is 4.42. The molecule has 0 unspecified atom stereocenters. The number of fused-ring (bicyclic) bond motifs is 5. The summed E-state index contributed by atoms with van der Waals surface area (Å²) in [6.07, 6.45) is 3.28. The highest BCUT2D eigenvalue weighted by Crippen LogP contribution is 2.35. The Balaban J connectivity index is 2.17. The van der Waals surface area contributed by atoms with Gasteiger partial charge in [-0.1, -0.05) is 18.2 Å². The molecule has 0 fully saturated rings. The molecule has 82 valence electrons. The number of para-hydroxylation sites is 1. The third-order valence-electron chi connectivity index (χ3n) is 3.48. The van der Waals surface area contributed by atoms with E-state index in [2.05, 4.69) is 11.1 Å². The van der Waals surface area contributed by atoms with Crippen LogP contribution in [-0.4, -0.2) is 15.5 Å². The summed E-state index contributed by atoms with van der Waals surface area (Å²) in [6, 6.07) is 10.1. The molecule has 3 aliphatic rings. The lowest BCUT2D eigenvalue weighted by Gasteiger charge is -2.06. The lowest BCUT2D eigenvalue weighted by Crippen LogP contribution is -2.06. The Bertz CT molecular complexity index is 726. The molecule has 0 aliphatic carbocycles. The predicted octanol–water partition coefficient (Wildman–Crippen LogP) is 2.73. The molecule has 0 atom stereocenters. The van der Waals surface area contributed by atoms with Gasteiger partial charge in [-0.25, -0.2) is 4.98 Å². The molecule has 1 aromatic carbocycles. The largest absolute Gasteiger partial charge is 0.289 e. The number of aromatic nitrogens is 2. The number of nitrogens with zero attached hydrogens (tertiary/aromatic N) is 2. The van der Waals surface area contributed by atoms with Crippen molar-refractivity contribution in [3.8, 4) is 11.3 Å². The number of hydrogen-bond donors (Lipinski definition) is 0. The lowest BCUT2D eigenvalue weighted by atomic mass is 10.1. The highest BCUT2D eigenvalue weighted by Gasteiger charge is 2.25. The zero-order chi connectivity index (χ0) is 11.4. The molecule has 0 N–H and O–H groups in total. The third-order valence-corrected chi connectivity index (χ3v) is 3.48. The summed E-state index contributed by atoms with van der Waals surface area (Å²) < 4.78 is 1.74. The minimum Gasteiger partial charge on any atom is -0.289 e. The van der Waals surface area contributed by atoms with Gasteiger partial charge in [0.05, 0.1) is 16.9 Å². The highest BCUT2D eigenvalue weighted by molar-refractivity contribution is 5.99. The Morgan fingerprint density at radius 3 is 2.94 bits per heavy atom. The molecule has 4 rings (SSSR count). The van der Waals surface area contributed by atoms with Crippen LogP contribution in [0.1, 0.15) is 16.9 Å². The van der Waals surface area contributed by atoms with E-state index in [0.29, 0.717) is 6.42 Å². The van der Waals surface area contributed by atoms with E-state index < -0.39 is 0 Å². The molecule has 3 heteroatoms. The van der Waals surface area contributed by atoms with Gasteiger partial charge in [0.25, 0.3) is 0 Å². The van der Waals surface area contributed by atoms with Gasteiger partial charge in [-0.15, -0.1) is 0 Å². The zero-order valence-electron chi connectivity index (χ0n) is 9.18. The van der Waals surface area contributed by atoms with Gasteiger partial charge < -0.3 is 0 Å². The van der Waals surface area contributed by atoms with Gasteiger partial charge >= 0.3 is 0 Å². The van der Waals surface area contributed by atoms with Crippen molar-refractivity contribution >= 4 is 16.8 Å². The minimum absolute atomic E-state index is 0.175. The number of rotatable bonds is 0. The first-order valence-electron chi connectivity index (χ1n) is 5.76. The van der Waals surface area contributed by atoms with Crippen molar-refractivity contribution in [2.24, 2.45) is 0 Å². The van der Waals surface area contributed by atoms with Crippen LogP contribution < -0.4 is 0 Å². The average Bonchev–Trinajstić information content (AvgIpc) is 2.90. The van der Waals surface area contributed by atoms with E-state index in [0.717, 1.165) is 28.9 Å². The number of pyridine rings is 1. The Labute approximate surface area is 98.0 Å². The summed E-state index contributed by atoms with van der Waals surface area (Å²) in [6.45, 7) is 0. The molecule has 0 spiro atoms. The first-order chi connectivity index (χ1) is 8.34. The van der Waals surface area contributed by atoms with Crippen molar-refractivity contribution in [3.63, 3.8) is 0 Å². The second-order valence-electron chi connectivity index (χ2n) is 4.42. The number of carbonyl (C=O) groups is 1. The standard InChI is InChI=1S/C14H10N2O/c17-13-6-5-12-14-10(7-8-16(12)13)9-3-1-2-4-11(9)15-14/h1-4,7-8H,5-6H2. The van der Waals surface area contributed by atoms with Crippen molar-refractivity contribution < 1.29 is 4.79 Å². The van der Waals surface area contributed by atoms with Gasteiger partial charge in [0.2, 0.25) is 5.91 Å². The summed E-state index contributed by atoms with van der Waals surface area (Å²) in [5, 5.41) is 1.17. The summed E-state index contributed by atoms with van der Waals surface area (Å²) in [7, 11) is 0. The van der Waals surface area contributed by atoms with Crippen molar-refractivity contribution in [1.29, 1.82) is 0 Å². The fraction of sp³-hybridized carbons (Fsp3) is 0.143. The first-order valence-corrected chi connectivity index (χ1v) is 5.76. The number of hydrogen-bond acceptors (Lipinski definition) is 2. The van der Waals surface area contributed by atoms with E-state index in [-0.39, 0.29) is 5.91 Å². The highest BCUT2D eigenvalue weighted by atomic mass is 16.2. The second kappa shape index (κ2) is 2.94. The van der Waals surface area contributed by atoms with E-state index in [4.69, 9.17) is 0 Å². The molecule has 0 saturated heterocycles. The van der Waals surface area contributed by atoms with Crippen LogP contribution >= 0.6 is 0 Å². The van der Waals surface area contributed by atoms with Crippen LogP contribution in [0.3, 0.4) is 0 Å². The van der Waals surface area contributed by atoms with Crippen molar-refractivity contribution in [2.75, 3.05) is 0 Å². The molecule has 1 aromatic rings. The maximum Gasteiger partial charge on any atom is 0.231 e. The van der Waals surface area contributed by atoms with Crippen molar-refractivity contribution in [1.82, 2.24) is 9.55 Å². The summed E-state index contributed by atoms with van der Waals surface area (Å²) in [5.41, 5.74) is 4.21. The monoisotopic (exact) mass is 222 g/mol. The van der Waals surface area contributed by atoms with Gasteiger partial charge in [-0.3, -0.25) is 9.36 Å². The predicted molar refractivity (Wildman–Crippen MR) is 65.3 cm³/mol. The molecule has 0 bridgehead atoms. The van der Waals surface area contributed by atoms with Crippen LogP contribution in [0, 0.1) is 0 Å². The van der Waals surface area contributed by atoms with Crippen LogP contribution in [0.5, 0.6) is 0 Å².